The molecule has 12 N–H and O–H groups in total. The van der Waals surface area contributed by atoms with Crippen molar-refractivity contribution in [2.24, 2.45) is 0 Å². The molecule has 0 fully saturated rings. The van der Waals surface area contributed by atoms with Crippen molar-refractivity contribution in [3.8, 4) is 0 Å². The molecule has 19 heavy (non-hydrogen) atoms. The molecule has 19 heteroatoms. The van der Waals surface area contributed by atoms with Crippen LogP contribution in [0.4, 0.5) is 0 Å². The molecule has 0 bridgehead atoms. The second-order valence-corrected chi connectivity index (χ2v) is 2.45. The van der Waals surface area contributed by atoms with Gasteiger partial charge in [-0.2, -0.15) is 0 Å². The van der Waals surface area contributed by atoms with Gasteiger partial charge in [-0.25, -0.2) is 0 Å². The van der Waals surface area contributed by atoms with Gasteiger partial charge in [0.15, 0.2) is 0 Å². The van der Waals surface area contributed by atoms with Gasteiger partial charge in [-0.15, -0.1) is 0 Å². The molecule has 0 rings (SSSR count). The van der Waals surface area contributed by atoms with Crippen molar-refractivity contribution in [3.05, 3.63) is 0 Å². The second kappa shape index (κ2) is 37.5. The molecule has 0 aliphatic rings. The van der Waals surface area contributed by atoms with Gasteiger partial charge >= 0.3 is 120 Å². The van der Waals surface area contributed by atoms with E-state index < -0.39 is 20.8 Å². The average Bonchev–Trinajstić information content (AvgIpc) is 1.12. The molecule has 118 valence electrons. The molecule has 0 saturated heterocycles. The quantitative estimate of drug-likeness (QED) is 0.199. The molecule has 0 amide bonds. The first kappa shape index (κ1) is 79.3. The van der Waals surface area contributed by atoms with Gasteiger partial charge < -0.3 is 51.1 Å². The minimum absolute atomic E-state index is 0. The van der Waals surface area contributed by atoms with Crippen LogP contribution in [-0.4, -0.2) is 67.9 Å². The molecular formula is H12FeK2O14S2. The van der Waals surface area contributed by atoms with Gasteiger partial charge in [0.25, 0.3) is 0 Å². The van der Waals surface area contributed by atoms with Crippen LogP contribution in [0.5, 0.6) is 0 Å². The fourth-order valence-electron chi connectivity index (χ4n) is 0. The minimum Gasteiger partial charge on any atom is -0.759 e. The van der Waals surface area contributed by atoms with Gasteiger partial charge in [0.05, 0.1) is 0 Å². The zero-order chi connectivity index (χ0) is 9.00. The molecule has 0 aliphatic carbocycles. The van der Waals surface area contributed by atoms with Crippen LogP contribution in [0.2, 0.25) is 0 Å². The SMILES string of the molecule is O.O.O.O.O.O.O=S(=O)([O-])[O-].O=S(=O)([O-])[O-].[Fe+2].[K+].[K+]. The van der Waals surface area contributed by atoms with E-state index in [1.165, 1.54) is 0 Å². The Bertz CT molecular complexity index is 220. The van der Waals surface area contributed by atoms with Gasteiger partial charge in [-0.1, -0.05) is 0 Å². The molecule has 0 saturated carbocycles. The van der Waals surface area contributed by atoms with Crippen LogP contribution in [0.3, 0.4) is 0 Å². The Morgan fingerprint density at radius 2 is 0.474 bits per heavy atom. The van der Waals surface area contributed by atoms with E-state index in [0.29, 0.717) is 0 Å². The third-order valence-electron chi connectivity index (χ3n) is 0. The molecule has 0 spiro atoms. The topological polar surface area (TPSA) is 350 Å². The summed E-state index contributed by atoms with van der Waals surface area (Å²) in [5.41, 5.74) is 0. The van der Waals surface area contributed by atoms with E-state index in [-0.39, 0.29) is 153 Å². The first-order valence-corrected chi connectivity index (χ1v) is 4.00. The first-order valence-electron chi connectivity index (χ1n) is 1.33. The van der Waals surface area contributed by atoms with E-state index in [0.717, 1.165) is 0 Å². The van der Waals surface area contributed by atoms with E-state index in [4.69, 9.17) is 35.0 Å². The molecule has 0 atom stereocenters. The molecule has 0 radical (unpaired) electrons. The predicted molar refractivity (Wildman–Crippen MR) is 42.6 cm³/mol. The fraction of sp³-hybridized carbons (Fsp3) is 0. The predicted octanol–water partition coefficient (Wildman–Crippen LogP) is -13.6. The molecule has 0 aromatic heterocycles. The van der Waals surface area contributed by atoms with Crippen molar-refractivity contribution in [3.63, 3.8) is 0 Å². The van der Waals surface area contributed by atoms with Gasteiger partial charge in [-0.05, 0) is 0 Å². The van der Waals surface area contributed by atoms with Crippen LogP contribution in [0.25, 0.3) is 0 Å². The summed E-state index contributed by atoms with van der Waals surface area (Å²) in [6.45, 7) is 0. The fourth-order valence-corrected chi connectivity index (χ4v) is 0. The average molecular weight is 434 g/mol. The first-order chi connectivity index (χ1) is 4.00. The summed E-state index contributed by atoms with van der Waals surface area (Å²) >= 11 is 0. The Kier molecular flexibility index (Phi) is 156. The van der Waals surface area contributed by atoms with E-state index in [1.54, 1.807) is 0 Å². The van der Waals surface area contributed by atoms with Crippen LogP contribution in [-0.2, 0) is 37.9 Å². The Labute approximate surface area is 204 Å². The van der Waals surface area contributed by atoms with Crippen molar-refractivity contribution < 1.29 is 188 Å². The molecule has 14 nitrogen and oxygen atoms in total. The van der Waals surface area contributed by atoms with Gasteiger partial charge in [0.2, 0.25) is 0 Å². The van der Waals surface area contributed by atoms with Crippen molar-refractivity contribution in [2.75, 3.05) is 0 Å². The largest absolute Gasteiger partial charge is 2.00 e. The summed E-state index contributed by atoms with van der Waals surface area (Å²) in [5.74, 6) is 0. The smallest absolute Gasteiger partial charge is 0.759 e. The summed E-state index contributed by atoms with van der Waals surface area (Å²) in [6, 6.07) is 0. The number of hydrogen-bond acceptors (Lipinski definition) is 8. The van der Waals surface area contributed by atoms with Crippen LogP contribution >= 0.6 is 0 Å². The van der Waals surface area contributed by atoms with Crippen molar-refractivity contribution >= 4 is 20.8 Å². The Morgan fingerprint density at radius 3 is 0.474 bits per heavy atom. The van der Waals surface area contributed by atoms with E-state index >= 15 is 0 Å². The Hall–Kier alpha value is 3.29. The Morgan fingerprint density at radius 1 is 0.474 bits per heavy atom. The normalized spacial score (nSPS) is 6.11. The zero-order valence-electron chi connectivity index (χ0n) is 9.44. The maximum atomic E-state index is 8.52. The summed E-state index contributed by atoms with van der Waals surface area (Å²) in [7, 11) is -10.3. The third kappa shape index (κ3) is 731. The van der Waals surface area contributed by atoms with Gasteiger partial charge in [0.1, 0.15) is 0 Å². The van der Waals surface area contributed by atoms with Gasteiger partial charge in [0, 0.05) is 20.8 Å². The van der Waals surface area contributed by atoms with Crippen LogP contribution in [0.1, 0.15) is 0 Å². The summed E-state index contributed by atoms with van der Waals surface area (Å²) in [5, 5.41) is 0. The van der Waals surface area contributed by atoms with Crippen LogP contribution in [0.15, 0.2) is 0 Å². The molecule has 0 heterocycles. The van der Waals surface area contributed by atoms with Crippen molar-refractivity contribution in [1.29, 1.82) is 0 Å². The van der Waals surface area contributed by atoms with E-state index in [1.807, 2.05) is 0 Å². The maximum absolute atomic E-state index is 8.52. The van der Waals surface area contributed by atoms with Crippen LogP contribution < -0.4 is 103 Å². The summed E-state index contributed by atoms with van der Waals surface area (Å²) in [6.07, 6.45) is 0. The van der Waals surface area contributed by atoms with Crippen LogP contribution in [0, 0.1) is 0 Å². The maximum Gasteiger partial charge on any atom is 2.00 e. The monoisotopic (exact) mass is 434 g/mol. The Balaban J connectivity index is -0.00000000508. The second-order valence-electron chi connectivity index (χ2n) is 0.816. The minimum atomic E-state index is -5.17. The number of rotatable bonds is 0. The van der Waals surface area contributed by atoms with E-state index in [9.17, 15) is 0 Å². The van der Waals surface area contributed by atoms with Crippen molar-refractivity contribution in [2.45, 2.75) is 0 Å². The molecule has 0 aromatic rings. The zero-order valence-corrected chi connectivity index (χ0v) is 18.4. The third-order valence-corrected chi connectivity index (χ3v) is 0. The van der Waals surface area contributed by atoms with Crippen molar-refractivity contribution in [1.82, 2.24) is 0 Å². The standard InChI is InChI=1S/Fe.2K.2H2O4S.6H2O/c;;;2*1-5(2,3)4;;;;;;/h;;;2*(H2,1,2,3,4);6*1H2/q+2;2*+1;;;;;;;;/p-4. The summed E-state index contributed by atoms with van der Waals surface area (Å²) in [4.78, 5) is 0. The molecule has 0 aliphatic heterocycles. The van der Waals surface area contributed by atoms with Gasteiger partial charge in [-0.3, -0.25) is 16.8 Å². The number of hydrogen-bond donors (Lipinski definition) is 0. The summed E-state index contributed by atoms with van der Waals surface area (Å²) < 4.78 is 68.2. The molecule has 0 aromatic carbocycles. The molecule has 0 unspecified atom stereocenters. The molecular weight excluding hydrogens is 422 g/mol. The van der Waals surface area contributed by atoms with E-state index in [2.05, 4.69) is 0 Å².